The Morgan fingerprint density at radius 2 is 1.52 bits per heavy atom. The average molecular weight is 350 g/mol. The molecular formula is C14H18BF3O4S. The van der Waals surface area contributed by atoms with Gasteiger partial charge in [0.05, 0.1) is 21.7 Å². The molecule has 0 bridgehead atoms. The van der Waals surface area contributed by atoms with Crippen LogP contribution in [0.3, 0.4) is 0 Å². The number of benzene rings is 1. The molecule has 2 rings (SSSR count). The third-order valence-electron chi connectivity index (χ3n) is 4.25. The summed E-state index contributed by atoms with van der Waals surface area (Å²) in [6, 6.07) is 2.55. The van der Waals surface area contributed by atoms with E-state index in [4.69, 9.17) is 9.31 Å². The van der Waals surface area contributed by atoms with E-state index in [1.54, 1.807) is 27.7 Å². The highest BCUT2D eigenvalue weighted by atomic mass is 32.2. The quantitative estimate of drug-likeness (QED) is 0.769. The molecule has 1 aromatic carbocycles. The first-order chi connectivity index (χ1) is 10.2. The van der Waals surface area contributed by atoms with E-state index in [0.717, 1.165) is 18.4 Å². The molecule has 4 nitrogen and oxygen atoms in total. The summed E-state index contributed by atoms with van der Waals surface area (Å²) in [6.07, 6.45) is -3.77. The Hall–Kier alpha value is -1.06. The van der Waals surface area contributed by atoms with Gasteiger partial charge in [0.2, 0.25) is 0 Å². The third-order valence-corrected chi connectivity index (χ3v) is 5.40. The lowest BCUT2D eigenvalue weighted by atomic mass is 9.78. The smallest absolute Gasteiger partial charge is 0.399 e. The van der Waals surface area contributed by atoms with Crippen molar-refractivity contribution in [3.8, 4) is 0 Å². The molecule has 9 heteroatoms. The highest BCUT2D eigenvalue weighted by molar-refractivity contribution is 7.91. The summed E-state index contributed by atoms with van der Waals surface area (Å²) in [7, 11) is -4.94. The molecule has 0 radical (unpaired) electrons. The molecule has 0 aromatic heterocycles. The standard InChI is InChI=1S/C14H18BF3O4S/c1-12(2)13(3,4)22-15(21-12)10-7-6-9(14(16,17)18)8-11(10)23(5,19)20/h6-8H,1-5H3. The van der Waals surface area contributed by atoms with Crippen LogP contribution in [-0.2, 0) is 25.3 Å². The van der Waals surface area contributed by atoms with Crippen molar-refractivity contribution in [2.75, 3.05) is 6.26 Å². The van der Waals surface area contributed by atoms with Gasteiger partial charge in [0, 0.05) is 11.7 Å². The molecule has 0 unspecified atom stereocenters. The highest BCUT2D eigenvalue weighted by Crippen LogP contribution is 2.37. The topological polar surface area (TPSA) is 52.6 Å². The van der Waals surface area contributed by atoms with Crippen LogP contribution in [0, 0.1) is 0 Å². The summed E-state index contributed by atoms with van der Waals surface area (Å²) < 4.78 is 73.9. The van der Waals surface area contributed by atoms with E-state index in [2.05, 4.69) is 0 Å². The van der Waals surface area contributed by atoms with Gasteiger partial charge in [-0.25, -0.2) is 8.42 Å². The number of rotatable bonds is 2. The fourth-order valence-electron chi connectivity index (χ4n) is 2.20. The Kier molecular flexibility index (Phi) is 4.15. The second kappa shape index (κ2) is 5.22. The SMILES string of the molecule is CC1(C)OB(c2ccc(C(F)(F)F)cc2S(C)(=O)=O)OC1(C)C. The van der Waals surface area contributed by atoms with E-state index in [0.29, 0.717) is 6.07 Å². The summed E-state index contributed by atoms with van der Waals surface area (Å²) in [6.45, 7) is 7.10. The van der Waals surface area contributed by atoms with Gasteiger partial charge >= 0.3 is 13.3 Å². The van der Waals surface area contributed by atoms with Crippen LogP contribution >= 0.6 is 0 Å². The molecule has 128 valence electrons. The molecule has 1 aliphatic rings. The maximum Gasteiger partial charge on any atom is 0.496 e. The van der Waals surface area contributed by atoms with E-state index in [9.17, 15) is 21.6 Å². The predicted molar refractivity (Wildman–Crippen MR) is 80.3 cm³/mol. The Bertz CT molecular complexity index is 710. The second-order valence-electron chi connectivity index (χ2n) is 6.61. The summed E-state index contributed by atoms with van der Waals surface area (Å²) >= 11 is 0. The van der Waals surface area contributed by atoms with Gasteiger partial charge in [0.15, 0.2) is 9.84 Å². The summed E-state index contributed by atoms with van der Waals surface area (Å²) in [5, 5.41) is 0. The molecule has 0 aliphatic carbocycles. The number of halogens is 3. The van der Waals surface area contributed by atoms with Crippen molar-refractivity contribution in [1.29, 1.82) is 0 Å². The zero-order chi connectivity index (χ0) is 17.8. The third kappa shape index (κ3) is 3.41. The van der Waals surface area contributed by atoms with Gasteiger partial charge in [-0.2, -0.15) is 13.2 Å². The van der Waals surface area contributed by atoms with Crippen LogP contribution in [0.2, 0.25) is 0 Å². The molecule has 1 aliphatic heterocycles. The Balaban J connectivity index is 2.57. The lowest BCUT2D eigenvalue weighted by Gasteiger charge is -2.32. The highest BCUT2D eigenvalue weighted by Gasteiger charge is 2.52. The number of hydrogen-bond acceptors (Lipinski definition) is 4. The number of sulfone groups is 1. The lowest BCUT2D eigenvalue weighted by molar-refractivity contribution is -0.137. The van der Waals surface area contributed by atoms with Crippen LogP contribution in [0.15, 0.2) is 23.1 Å². The lowest BCUT2D eigenvalue weighted by Crippen LogP contribution is -2.41. The summed E-state index contributed by atoms with van der Waals surface area (Å²) in [5.74, 6) is 0. The minimum atomic E-state index is -4.63. The van der Waals surface area contributed by atoms with Crippen LogP contribution in [0.1, 0.15) is 33.3 Å². The molecule has 0 atom stereocenters. The van der Waals surface area contributed by atoms with E-state index >= 15 is 0 Å². The van der Waals surface area contributed by atoms with Crippen LogP contribution in [-0.4, -0.2) is 33.0 Å². The van der Waals surface area contributed by atoms with Gasteiger partial charge in [-0.1, -0.05) is 12.1 Å². The Labute approximate surface area is 134 Å². The van der Waals surface area contributed by atoms with Crippen LogP contribution < -0.4 is 5.46 Å². The van der Waals surface area contributed by atoms with Crippen LogP contribution in [0.5, 0.6) is 0 Å². The van der Waals surface area contributed by atoms with E-state index < -0.39 is 44.8 Å². The maximum absolute atomic E-state index is 12.9. The molecule has 1 saturated heterocycles. The fourth-order valence-corrected chi connectivity index (χ4v) is 3.13. The zero-order valence-electron chi connectivity index (χ0n) is 13.5. The van der Waals surface area contributed by atoms with Crippen molar-refractivity contribution in [2.24, 2.45) is 0 Å². The Morgan fingerprint density at radius 1 is 1.04 bits per heavy atom. The monoisotopic (exact) mass is 350 g/mol. The molecule has 0 saturated carbocycles. The number of hydrogen-bond donors (Lipinski definition) is 0. The second-order valence-corrected chi connectivity index (χ2v) is 8.59. The fraction of sp³-hybridized carbons (Fsp3) is 0.571. The van der Waals surface area contributed by atoms with Crippen molar-refractivity contribution in [3.05, 3.63) is 23.8 Å². The predicted octanol–water partition coefficient (Wildman–Crippen LogP) is 2.41. The van der Waals surface area contributed by atoms with Crippen molar-refractivity contribution in [3.63, 3.8) is 0 Å². The largest absolute Gasteiger partial charge is 0.496 e. The summed E-state index contributed by atoms with van der Waals surface area (Å²) in [4.78, 5) is -0.439. The first kappa shape index (κ1) is 18.3. The molecule has 1 aromatic rings. The molecular weight excluding hydrogens is 332 g/mol. The zero-order valence-corrected chi connectivity index (χ0v) is 14.3. The Morgan fingerprint density at radius 3 is 1.91 bits per heavy atom. The van der Waals surface area contributed by atoms with Gasteiger partial charge < -0.3 is 9.31 Å². The molecule has 0 amide bonds. The molecule has 1 fully saturated rings. The summed E-state index contributed by atoms with van der Waals surface area (Å²) in [5.41, 5.74) is -2.41. The van der Waals surface area contributed by atoms with Crippen molar-refractivity contribution in [2.45, 2.75) is 50.0 Å². The van der Waals surface area contributed by atoms with Gasteiger partial charge in [-0.15, -0.1) is 0 Å². The molecule has 0 spiro atoms. The molecule has 23 heavy (non-hydrogen) atoms. The van der Waals surface area contributed by atoms with Gasteiger partial charge in [0.1, 0.15) is 0 Å². The molecule has 0 N–H and O–H groups in total. The van der Waals surface area contributed by atoms with E-state index in [1.165, 1.54) is 0 Å². The van der Waals surface area contributed by atoms with Crippen molar-refractivity contribution in [1.82, 2.24) is 0 Å². The van der Waals surface area contributed by atoms with E-state index in [1.807, 2.05) is 0 Å². The number of alkyl halides is 3. The first-order valence-electron chi connectivity index (χ1n) is 6.92. The molecule has 1 heterocycles. The normalized spacial score (nSPS) is 20.8. The maximum atomic E-state index is 12.9. The average Bonchev–Trinajstić information content (AvgIpc) is 2.55. The van der Waals surface area contributed by atoms with Crippen molar-refractivity contribution < 1.29 is 30.9 Å². The van der Waals surface area contributed by atoms with Gasteiger partial charge in [-0.3, -0.25) is 0 Å². The van der Waals surface area contributed by atoms with E-state index in [-0.39, 0.29) is 5.46 Å². The first-order valence-corrected chi connectivity index (χ1v) is 8.81. The van der Waals surface area contributed by atoms with Gasteiger partial charge in [0.25, 0.3) is 0 Å². The minimum absolute atomic E-state index is 0.0687. The van der Waals surface area contributed by atoms with Gasteiger partial charge in [-0.05, 0) is 33.8 Å². The minimum Gasteiger partial charge on any atom is -0.399 e. The van der Waals surface area contributed by atoms with Crippen molar-refractivity contribution >= 4 is 22.4 Å². The van der Waals surface area contributed by atoms with Crippen LogP contribution in [0.4, 0.5) is 13.2 Å². The van der Waals surface area contributed by atoms with Crippen LogP contribution in [0.25, 0.3) is 0 Å².